The zero-order valence-corrected chi connectivity index (χ0v) is 25.3. The molecule has 0 atom stereocenters. The van der Waals surface area contributed by atoms with Gasteiger partial charge in [0.1, 0.15) is 5.58 Å². The molecule has 4 aromatic rings. The van der Waals surface area contributed by atoms with Crippen molar-refractivity contribution >= 4 is 22.8 Å². The molecule has 0 bridgehead atoms. The van der Waals surface area contributed by atoms with Gasteiger partial charge in [-0.15, -0.1) is 0 Å². The van der Waals surface area contributed by atoms with Crippen molar-refractivity contribution in [2.75, 3.05) is 39.3 Å². The van der Waals surface area contributed by atoms with E-state index in [0.29, 0.717) is 67.7 Å². The highest BCUT2D eigenvalue weighted by Crippen LogP contribution is 2.30. The van der Waals surface area contributed by atoms with Gasteiger partial charge in [0.05, 0.1) is 5.56 Å². The number of carbonyl (C=O) groups is 2. The first kappa shape index (κ1) is 30.9. The fourth-order valence-corrected chi connectivity index (χ4v) is 6.13. The van der Waals surface area contributed by atoms with E-state index in [9.17, 15) is 22.8 Å². The van der Waals surface area contributed by atoms with Crippen molar-refractivity contribution in [2.45, 2.75) is 45.1 Å². The number of alkyl halides is 3. The fourth-order valence-electron chi connectivity index (χ4n) is 6.13. The lowest BCUT2D eigenvalue weighted by molar-refractivity contribution is -0.137. The first-order chi connectivity index (χ1) is 21.6. The van der Waals surface area contributed by atoms with E-state index >= 15 is 0 Å². The summed E-state index contributed by atoms with van der Waals surface area (Å²) in [5.41, 5.74) is 3.59. The summed E-state index contributed by atoms with van der Waals surface area (Å²) in [6.07, 6.45) is -3.00. The minimum Gasteiger partial charge on any atom is -0.451 e. The van der Waals surface area contributed by atoms with Crippen LogP contribution in [0.3, 0.4) is 0 Å². The second-order valence-electron chi connectivity index (χ2n) is 12.1. The highest BCUT2D eigenvalue weighted by molar-refractivity contribution is 6.00. The summed E-state index contributed by atoms with van der Waals surface area (Å²) in [4.78, 5) is 32.7. The number of benzene rings is 3. The first-order valence-corrected chi connectivity index (χ1v) is 15.4. The van der Waals surface area contributed by atoms with Crippen LogP contribution in [0.1, 0.15) is 56.0 Å². The molecule has 3 heterocycles. The van der Waals surface area contributed by atoms with Crippen LogP contribution in [0.25, 0.3) is 11.0 Å². The molecule has 45 heavy (non-hydrogen) atoms. The Labute approximate surface area is 260 Å². The molecule has 2 amide bonds. The molecule has 1 N–H and O–H groups in total. The molecule has 0 radical (unpaired) electrons. The van der Waals surface area contributed by atoms with Gasteiger partial charge in [-0.3, -0.25) is 19.4 Å². The second-order valence-corrected chi connectivity index (χ2v) is 12.1. The summed E-state index contributed by atoms with van der Waals surface area (Å²) < 4.78 is 45.0. The number of piperidine rings is 1. The zero-order chi connectivity index (χ0) is 31.6. The molecule has 2 fully saturated rings. The number of hydrogen-bond acceptors (Lipinski definition) is 5. The second kappa shape index (κ2) is 13.1. The van der Waals surface area contributed by atoms with Gasteiger partial charge in [-0.2, -0.15) is 13.2 Å². The molecule has 0 spiro atoms. The van der Waals surface area contributed by atoms with E-state index in [-0.39, 0.29) is 23.6 Å². The molecule has 0 unspecified atom stereocenters. The molecule has 1 aromatic heterocycles. The number of piperazine rings is 1. The summed E-state index contributed by atoms with van der Waals surface area (Å²) >= 11 is 0. The van der Waals surface area contributed by atoms with Crippen molar-refractivity contribution < 1.29 is 27.2 Å². The van der Waals surface area contributed by atoms with Gasteiger partial charge in [-0.25, -0.2) is 0 Å². The normalized spacial score (nSPS) is 17.1. The minimum absolute atomic E-state index is 0.0315. The molecule has 2 aliphatic heterocycles. The van der Waals surface area contributed by atoms with Crippen molar-refractivity contribution in [1.82, 2.24) is 20.0 Å². The van der Waals surface area contributed by atoms with E-state index in [0.717, 1.165) is 25.7 Å². The maximum atomic E-state index is 13.3. The number of rotatable bonds is 7. The topological polar surface area (TPSA) is 69.0 Å². The lowest BCUT2D eigenvalue weighted by atomic mass is 10.0. The Balaban J connectivity index is 0.994. The molecule has 2 saturated heterocycles. The standard InChI is InChI=1S/C35H37F3N4O3/c1-24-5-7-25(8-6-24)22-41-15-17-42(18-16-41)34(44)27-9-10-31-28(20-27)21-32(45-31)33(43)39-30-11-13-40(14-12-30)23-26-3-2-4-29(19-26)35(36,37)38/h2-10,19-21,30H,11-18,22-23H2,1H3,(H,39,43). The molecular formula is C35H37F3N4O3. The third kappa shape index (κ3) is 7.57. The van der Waals surface area contributed by atoms with Crippen LogP contribution in [0.2, 0.25) is 0 Å². The van der Waals surface area contributed by atoms with Crippen molar-refractivity contribution in [1.29, 1.82) is 0 Å². The molecule has 3 aromatic carbocycles. The summed E-state index contributed by atoms with van der Waals surface area (Å²) in [5.74, 6) is -0.165. The number of carbonyl (C=O) groups excluding carboxylic acids is 2. The SMILES string of the molecule is Cc1ccc(CN2CCN(C(=O)c3ccc4oc(C(=O)NC5CCN(Cc6cccc(C(F)(F)F)c6)CC5)cc4c3)CC2)cc1. The van der Waals surface area contributed by atoms with E-state index in [2.05, 4.69) is 46.3 Å². The van der Waals surface area contributed by atoms with Crippen LogP contribution < -0.4 is 5.32 Å². The first-order valence-electron chi connectivity index (χ1n) is 15.4. The molecule has 10 heteroatoms. The number of halogens is 3. The average molecular weight is 619 g/mol. The lowest BCUT2D eigenvalue weighted by Gasteiger charge is -2.34. The summed E-state index contributed by atoms with van der Waals surface area (Å²) in [7, 11) is 0. The van der Waals surface area contributed by atoms with Gasteiger partial charge < -0.3 is 14.6 Å². The largest absolute Gasteiger partial charge is 0.451 e. The average Bonchev–Trinajstić information content (AvgIpc) is 3.47. The monoisotopic (exact) mass is 618 g/mol. The third-order valence-corrected chi connectivity index (χ3v) is 8.76. The van der Waals surface area contributed by atoms with Crippen LogP contribution in [0.15, 0.2) is 77.2 Å². The van der Waals surface area contributed by atoms with Gasteiger partial charge in [-0.05, 0) is 61.2 Å². The van der Waals surface area contributed by atoms with Crippen LogP contribution in [0.4, 0.5) is 13.2 Å². The van der Waals surface area contributed by atoms with Gasteiger partial charge in [-0.1, -0.05) is 48.0 Å². The Kier molecular flexibility index (Phi) is 8.96. The maximum Gasteiger partial charge on any atom is 0.416 e. The van der Waals surface area contributed by atoms with E-state index in [4.69, 9.17) is 4.42 Å². The predicted molar refractivity (Wildman–Crippen MR) is 166 cm³/mol. The molecule has 2 aliphatic rings. The third-order valence-electron chi connectivity index (χ3n) is 8.76. The van der Waals surface area contributed by atoms with Crippen LogP contribution in [-0.2, 0) is 19.3 Å². The number of hydrogen-bond donors (Lipinski definition) is 1. The Bertz CT molecular complexity index is 1650. The molecule has 7 nitrogen and oxygen atoms in total. The smallest absolute Gasteiger partial charge is 0.416 e. The van der Waals surface area contributed by atoms with Crippen molar-refractivity contribution in [2.24, 2.45) is 0 Å². The molecule has 0 aliphatic carbocycles. The highest BCUT2D eigenvalue weighted by atomic mass is 19.4. The van der Waals surface area contributed by atoms with Crippen molar-refractivity contribution in [3.8, 4) is 0 Å². The number of nitrogens with one attached hydrogen (secondary N) is 1. The van der Waals surface area contributed by atoms with Crippen molar-refractivity contribution in [3.05, 3.63) is 106 Å². The van der Waals surface area contributed by atoms with E-state index < -0.39 is 11.7 Å². The predicted octanol–water partition coefficient (Wildman–Crippen LogP) is 6.11. The Morgan fingerprint density at radius 2 is 1.51 bits per heavy atom. The number of aryl methyl sites for hydroxylation is 1. The number of likely N-dealkylation sites (tertiary alicyclic amines) is 1. The lowest BCUT2D eigenvalue weighted by Crippen LogP contribution is -2.48. The van der Waals surface area contributed by atoms with Gasteiger partial charge in [0.2, 0.25) is 0 Å². The maximum absolute atomic E-state index is 13.3. The summed E-state index contributed by atoms with van der Waals surface area (Å²) in [5, 5.41) is 3.73. The molecule has 0 saturated carbocycles. The number of furan rings is 1. The van der Waals surface area contributed by atoms with Crippen LogP contribution in [0, 0.1) is 6.92 Å². The highest BCUT2D eigenvalue weighted by Gasteiger charge is 2.31. The van der Waals surface area contributed by atoms with Gasteiger partial charge >= 0.3 is 6.18 Å². The van der Waals surface area contributed by atoms with Crippen LogP contribution in [-0.4, -0.2) is 71.8 Å². The quantitative estimate of drug-likeness (QED) is 0.271. The van der Waals surface area contributed by atoms with Gasteiger partial charge in [0.15, 0.2) is 5.76 Å². The zero-order valence-electron chi connectivity index (χ0n) is 25.3. The van der Waals surface area contributed by atoms with Crippen LogP contribution >= 0.6 is 0 Å². The Morgan fingerprint density at radius 3 is 2.22 bits per heavy atom. The summed E-state index contributed by atoms with van der Waals surface area (Å²) in [6, 6.07) is 20.8. The Hall–Kier alpha value is -4.15. The number of amides is 2. The summed E-state index contributed by atoms with van der Waals surface area (Å²) in [6.45, 7) is 7.62. The Morgan fingerprint density at radius 1 is 0.822 bits per heavy atom. The number of fused-ring (bicyclic) bond motifs is 1. The number of nitrogens with zero attached hydrogens (tertiary/aromatic N) is 3. The fraction of sp³-hybridized carbons (Fsp3) is 0.371. The van der Waals surface area contributed by atoms with E-state index in [1.54, 1.807) is 30.3 Å². The van der Waals surface area contributed by atoms with E-state index in [1.807, 2.05) is 4.90 Å². The molecule has 6 rings (SSSR count). The van der Waals surface area contributed by atoms with E-state index in [1.165, 1.54) is 23.3 Å². The van der Waals surface area contributed by atoms with Gasteiger partial charge in [0.25, 0.3) is 11.8 Å². The van der Waals surface area contributed by atoms with Crippen molar-refractivity contribution in [3.63, 3.8) is 0 Å². The van der Waals surface area contributed by atoms with Gasteiger partial charge in [0, 0.05) is 69.3 Å². The molecular weight excluding hydrogens is 581 g/mol. The molecule has 236 valence electrons. The minimum atomic E-state index is -4.36. The van der Waals surface area contributed by atoms with Crippen LogP contribution in [0.5, 0.6) is 0 Å².